The summed E-state index contributed by atoms with van der Waals surface area (Å²) < 4.78 is 5.26. The van der Waals surface area contributed by atoms with Crippen molar-refractivity contribution in [3.63, 3.8) is 0 Å². The van der Waals surface area contributed by atoms with Crippen molar-refractivity contribution in [2.24, 2.45) is 0 Å². The minimum absolute atomic E-state index is 0.872. The zero-order valence-electron chi connectivity index (χ0n) is 8.24. The van der Waals surface area contributed by atoms with Crippen LogP contribution >= 0.6 is 0 Å². The normalized spacial score (nSPS) is 18.0. The van der Waals surface area contributed by atoms with Crippen molar-refractivity contribution in [3.05, 3.63) is 24.9 Å². The van der Waals surface area contributed by atoms with E-state index >= 15 is 0 Å². The maximum Gasteiger partial charge on any atom is 0.0642 e. The van der Waals surface area contributed by atoms with E-state index < -0.39 is 0 Å². The molecule has 1 heterocycles. The van der Waals surface area contributed by atoms with E-state index in [-0.39, 0.29) is 0 Å². The second kappa shape index (κ2) is 6.72. The summed E-state index contributed by atoms with van der Waals surface area (Å²) >= 11 is 0. The van der Waals surface area contributed by atoms with Crippen LogP contribution in [0, 0.1) is 0 Å². The molecule has 0 aliphatic carbocycles. The van der Waals surface area contributed by atoms with Crippen LogP contribution in [-0.4, -0.2) is 31.2 Å². The van der Waals surface area contributed by atoms with Gasteiger partial charge < -0.3 is 9.64 Å². The van der Waals surface area contributed by atoms with Crippen molar-refractivity contribution in [3.8, 4) is 0 Å². The molecule has 0 saturated carbocycles. The Morgan fingerprint density at radius 2 is 2.00 bits per heavy atom. The lowest BCUT2D eigenvalue weighted by molar-refractivity contribution is 0.0593. The average molecular weight is 181 g/mol. The van der Waals surface area contributed by atoms with E-state index in [0.29, 0.717) is 0 Å². The summed E-state index contributed by atoms with van der Waals surface area (Å²) in [5, 5.41) is 0. The van der Waals surface area contributed by atoms with E-state index in [1.165, 1.54) is 6.42 Å². The van der Waals surface area contributed by atoms with Crippen molar-refractivity contribution in [2.45, 2.75) is 19.3 Å². The number of unbranched alkanes of at least 4 members (excludes halogenated alkanes) is 2. The Bertz CT molecular complexity index is 159. The second-order valence-corrected chi connectivity index (χ2v) is 3.25. The zero-order chi connectivity index (χ0) is 9.36. The second-order valence-electron chi connectivity index (χ2n) is 3.25. The monoisotopic (exact) mass is 181 g/mol. The van der Waals surface area contributed by atoms with Gasteiger partial charge in [-0.25, -0.2) is 0 Å². The van der Waals surface area contributed by atoms with Crippen LogP contribution in [0.1, 0.15) is 19.3 Å². The number of ether oxygens (including phenoxy) is 1. The predicted molar refractivity (Wildman–Crippen MR) is 55.6 cm³/mol. The number of rotatable bonds is 5. The van der Waals surface area contributed by atoms with Crippen molar-refractivity contribution < 1.29 is 4.74 Å². The highest BCUT2D eigenvalue weighted by Gasteiger charge is 2.04. The molecule has 13 heavy (non-hydrogen) atoms. The molecule has 1 fully saturated rings. The van der Waals surface area contributed by atoms with Gasteiger partial charge in [0, 0.05) is 13.1 Å². The summed E-state index contributed by atoms with van der Waals surface area (Å²) in [5.74, 6) is 0. The molecule has 0 N–H and O–H groups in total. The highest BCUT2D eigenvalue weighted by Crippen LogP contribution is 2.01. The Balaban J connectivity index is 2.04. The zero-order valence-corrected chi connectivity index (χ0v) is 8.24. The molecule has 0 radical (unpaired) electrons. The highest BCUT2D eigenvalue weighted by molar-refractivity contribution is 4.84. The van der Waals surface area contributed by atoms with Gasteiger partial charge in [0.15, 0.2) is 0 Å². The van der Waals surface area contributed by atoms with E-state index in [2.05, 4.69) is 23.8 Å². The van der Waals surface area contributed by atoms with Crippen molar-refractivity contribution in [1.29, 1.82) is 0 Å². The quantitative estimate of drug-likeness (QED) is 0.476. The van der Waals surface area contributed by atoms with Gasteiger partial charge in [0.05, 0.1) is 13.2 Å². The van der Waals surface area contributed by atoms with Gasteiger partial charge in [-0.1, -0.05) is 12.2 Å². The number of nitrogens with zero attached hydrogens (tertiary/aromatic N) is 1. The van der Waals surface area contributed by atoms with Crippen molar-refractivity contribution >= 4 is 0 Å². The summed E-state index contributed by atoms with van der Waals surface area (Å²) in [4.78, 5) is 2.32. The topological polar surface area (TPSA) is 12.5 Å². The first-order valence-corrected chi connectivity index (χ1v) is 5.03. The van der Waals surface area contributed by atoms with Gasteiger partial charge in [-0.3, -0.25) is 0 Å². The van der Waals surface area contributed by atoms with Gasteiger partial charge in [-0.15, -0.1) is 6.58 Å². The lowest BCUT2D eigenvalue weighted by atomic mass is 10.2. The SMILES string of the molecule is C=CCCCC=CN1CCOCC1. The third-order valence-electron chi connectivity index (χ3n) is 2.14. The summed E-state index contributed by atoms with van der Waals surface area (Å²) in [5.41, 5.74) is 0. The first kappa shape index (κ1) is 10.3. The number of hydrogen-bond acceptors (Lipinski definition) is 2. The fourth-order valence-electron chi connectivity index (χ4n) is 1.33. The molecule has 0 amide bonds. The van der Waals surface area contributed by atoms with Crippen LogP contribution in [0.5, 0.6) is 0 Å². The van der Waals surface area contributed by atoms with Crippen LogP contribution in [0.4, 0.5) is 0 Å². The average Bonchev–Trinajstić information content (AvgIpc) is 2.19. The van der Waals surface area contributed by atoms with E-state index in [4.69, 9.17) is 4.74 Å². The minimum atomic E-state index is 0.872. The van der Waals surface area contributed by atoms with E-state index in [0.717, 1.165) is 39.1 Å². The number of hydrogen-bond donors (Lipinski definition) is 0. The molecule has 0 aromatic carbocycles. The molecule has 0 aromatic rings. The Morgan fingerprint density at radius 3 is 2.69 bits per heavy atom. The van der Waals surface area contributed by atoms with E-state index in [1.807, 2.05) is 6.08 Å². The lowest BCUT2D eigenvalue weighted by Crippen LogP contribution is -2.31. The fraction of sp³-hybridized carbons (Fsp3) is 0.636. The van der Waals surface area contributed by atoms with Gasteiger partial charge in [-0.2, -0.15) is 0 Å². The van der Waals surface area contributed by atoms with E-state index in [1.54, 1.807) is 0 Å². The molecule has 1 aliphatic heterocycles. The van der Waals surface area contributed by atoms with Gasteiger partial charge in [-0.05, 0) is 25.5 Å². The van der Waals surface area contributed by atoms with Crippen LogP contribution in [0.25, 0.3) is 0 Å². The first-order valence-electron chi connectivity index (χ1n) is 5.03. The van der Waals surface area contributed by atoms with Crippen LogP contribution in [-0.2, 0) is 4.74 Å². The summed E-state index contributed by atoms with van der Waals surface area (Å²) in [6.45, 7) is 7.52. The molecule has 0 aromatic heterocycles. The Labute approximate surface area is 80.9 Å². The molecule has 0 bridgehead atoms. The molecule has 2 heteroatoms. The van der Waals surface area contributed by atoms with Crippen LogP contribution in [0.2, 0.25) is 0 Å². The molecular weight excluding hydrogens is 162 g/mol. The van der Waals surface area contributed by atoms with Crippen LogP contribution < -0.4 is 0 Å². The van der Waals surface area contributed by atoms with Crippen molar-refractivity contribution in [2.75, 3.05) is 26.3 Å². The molecule has 0 unspecified atom stereocenters. The van der Waals surface area contributed by atoms with Gasteiger partial charge in [0.25, 0.3) is 0 Å². The maximum atomic E-state index is 5.26. The molecule has 1 aliphatic rings. The molecule has 1 rings (SSSR count). The number of allylic oxidation sites excluding steroid dienone is 2. The molecule has 0 atom stereocenters. The smallest absolute Gasteiger partial charge is 0.0642 e. The Hall–Kier alpha value is -0.760. The third kappa shape index (κ3) is 4.73. The number of morpholine rings is 1. The van der Waals surface area contributed by atoms with Gasteiger partial charge >= 0.3 is 0 Å². The van der Waals surface area contributed by atoms with Crippen molar-refractivity contribution in [1.82, 2.24) is 4.90 Å². The molecule has 0 spiro atoms. The lowest BCUT2D eigenvalue weighted by Gasteiger charge is -2.24. The largest absolute Gasteiger partial charge is 0.378 e. The maximum absolute atomic E-state index is 5.26. The molecule has 1 saturated heterocycles. The third-order valence-corrected chi connectivity index (χ3v) is 2.14. The van der Waals surface area contributed by atoms with Crippen LogP contribution in [0.3, 0.4) is 0 Å². The summed E-state index contributed by atoms with van der Waals surface area (Å²) in [6.07, 6.45) is 9.91. The summed E-state index contributed by atoms with van der Waals surface area (Å²) in [6, 6.07) is 0. The van der Waals surface area contributed by atoms with Gasteiger partial charge in [0.1, 0.15) is 0 Å². The predicted octanol–water partition coefficient (Wildman–Crippen LogP) is 2.19. The fourth-order valence-corrected chi connectivity index (χ4v) is 1.33. The summed E-state index contributed by atoms with van der Waals surface area (Å²) in [7, 11) is 0. The van der Waals surface area contributed by atoms with E-state index in [9.17, 15) is 0 Å². The Kier molecular flexibility index (Phi) is 5.34. The molecular formula is C11H19NO. The minimum Gasteiger partial charge on any atom is -0.378 e. The van der Waals surface area contributed by atoms with Gasteiger partial charge in [0.2, 0.25) is 0 Å². The standard InChI is InChI=1S/C11H19NO/c1-2-3-4-5-6-7-12-8-10-13-11-9-12/h2,6-7H,1,3-5,8-11H2. The highest BCUT2D eigenvalue weighted by atomic mass is 16.5. The van der Waals surface area contributed by atoms with Crippen LogP contribution in [0.15, 0.2) is 24.9 Å². The Morgan fingerprint density at radius 1 is 1.23 bits per heavy atom. The molecule has 74 valence electrons. The molecule has 2 nitrogen and oxygen atoms in total. The first-order chi connectivity index (χ1) is 6.43.